The Morgan fingerprint density at radius 1 is 1.08 bits per heavy atom. The Balaban J connectivity index is 1.23. The van der Waals surface area contributed by atoms with Gasteiger partial charge in [0.05, 0.1) is 48.5 Å². The Kier molecular flexibility index (Phi) is 10.7. The van der Waals surface area contributed by atoms with Crippen LogP contribution in [-0.4, -0.2) is 82.8 Å². The Morgan fingerprint density at radius 3 is 2.51 bits per heavy atom. The molecule has 0 saturated carbocycles. The van der Waals surface area contributed by atoms with E-state index < -0.39 is 34.7 Å². The molecule has 1 aliphatic rings. The van der Waals surface area contributed by atoms with E-state index in [9.17, 15) is 23.1 Å². The highest BCUT2D eigenvalue weighted by atomic mass is 32.2. The van der Waals surface area contributed by atoms with Gasteiger partial charge in [-0.25, -0.2) is 18.1 Å². The van der Waals surface area contributed by atoms with Crippen LogP contribution >= 0.6 is 0 Å². The van der Waals surface area contributed by atoms with Gasteiger partial charge >= 0.3 is 0 Å². The third kappa shape index (κ3) is 7.61. The molecule has 0 saturated heterocycles. The number of rotatable bonds is 14. The highest BCUT2D eigenvalue weighted by Crippen LogP contribution is 2.32. The number of amides is 1. The van der Waals surface area contributed by atoms with E-state index in [0.29, 0.717) is 28.5 Å². The zero-order chi connectivity index (χ0) is 36.1. The van der Waals surface area contributed by atoms with Crippen molar-refractivity contribution in [2.45, 2.75) is 37.0 Å². The van der Waals surface area contributed by atoms with Gasteiger partial charge < -0.3 is 29.6 Å². The normalized spacial score (nSPS) is 16.2. The monoisotopic (exact) mass is 716 g/mol. The maximum Gasteiger partial charge on any atom is 0.286 e. The first-order valence-electron chi connectivity index (χ1n) is 16.4. The second kappa shape index (κ2) is 15.3. The van der Waals surface area contributed by atoms with Gasteiger partial charge in [-0.2, -0.15) is 4.31 Å². The Labute approximate surface area is 294 Å². The summed E-state index contributed by atoms with van der Waals surface area (Å²) in [5.41, 5.74) is 3.22. The predicted molar refractivity (Wildman–Crippen MR) is 189 cm³/mol. The number of fused-ring (bicyclic) bond motifs is 1. The standard InChI is InChI=1S/C36H40N6O8S/c1-24-34(36(45)42(40(24)2)26-9-5-4-6-10-26)25-21-31(35(44)37-23-32-38-29-11-7-8-12-30(29)39-32)50-33(22-25)49-20-18-41(17-19-43)51(46,47)28-15-13-27(48-3)14-16-28/h4-16,21,25,33,43H,17-20,22-23H2,1-3H3,(H,37,44)(H,38,39). The van der Waals surface area contributed by atoms with Crippen molar-refractivity contribution >= 4 is 27.0 Å². The van der Waals surface area contributed by atoms with Crippen molar-refractivity contribution in [3.05, 3.63) is 118 Å². The molecule has 3 heterocycles. The van der Waals surface area contributed by atoms with E-state index in [0.717, 1.165) is 15.3 Å². The number of hydrogen-bond acceptors (Lipinski definition) is 9. The zero-order valence-electron chi connectivity index (χ0n) is 28.5. The Morgan fingerprint density at radius 2 is 1.80 bits per heavy atom. The molecular weight excluding hydrogens is 676 g/mol. The van der Waals surface area contributed by atoms with Crippen LogP contribution in [0.15, 0.2) is 100 Å². The van der Waals surface area contributed by atoms with Crippen LogP contribution in [0, 0.1) is 6.92 Å². The fraction of sp³-hybridized carbons (Fsp3) is 0.306. The lowest BCUT2D eigenvalue weighted by molar-refractivity contribution is -0.146. The van der Waals surface area contributed by atoms with Gasteiger partial charge in [-0.05, 0) is 61.5 Å². The summed E-state index contributed by atoms with van der Waals surface area (Å²) >= 11 is 0. The summed E-state index contributed by atoms with van der Waals surface area (Å²) < 4.78 is 48.6. The summed E-state index contributed by atoms with van der Waals surface area (Å²) in [7, 11) is -0.705. The van der Waals surface area contributed by atoms with E-state index in [1.165, 1.54) is 19.2 Å². The van der Waals surface area contributed by atoms with E-state index >= 15 is 0 Å². The molecule has 0 spiro atoms. The number of para-hydroxylation sites is 3. The summed E-state index contributed by atoms with van der Waals surface area (Å²) in [6, 6.07) is 22.7. The van der Waals surface area contributed by atoms with Gasteiger partial charge in [-0.15, -0.1) is 0 Å². The van der Waals surface area contributed by atoms with Gasteiger partial charge in [-0.1, -0.05) is 30.3 Å². The van der Waals surface area contributed by atoms with Gasteiger partial charge in [0.2, 0.25) is 16.3 Å². The minimum Gasteiger partial charge on any atom is -0.497 e. The Bertz CT molecular complexity index is 2160. The molecule has 5 aromatic rings. The third-order valence-corrected chi connectivity index (χ3v) is 10.7. The summed E-state index contributed by atoms with van der Waals surface area (Å²) in [5, 5.41) is 12.5. The molecule has 2 atom stereocenters. The molecule has 1 amide bonds. The fourth-order valence-electron chi connectivity index (χ4n) is 6.12. The SMILES string of the molecule is COc1ccc(S(=O)(=O)N(CCO)CCOC2CC(c3c(C)n(C)n(-c4ccccc4)c3=O)C=C(C(=O)NCc3nc4ccccc4[nH]3)O2)cc1. The number of carbonyl (C=O) groups is 1. The number of aliphatic hydroxyl groups excluding tert-OH is 1. The maximum absolute atomic E-state index is 14.0. The lowest BCUT2D eigenvalue weighted by Gasteiger charge is -2.29. The van der Waals surface area contributed by atoms with Crippen LogP contribution in [0.5, 0.6) is 5.75 Å². The van der Waals surface area contributed by atoms with Crippen molar-refractivity contribution in [1.29, 1.82) is 0 Å². The van der Waals surface area contributed by atoms with Crippen LogP contribution in [0.4, 0.5) is 0 Å². The molecule has 3 aromatic carbocycles. The van der Waals surface area contributed by atoms with Crippen LogP contribution in [0.25, 0.3) is 16.7 Å². The second-order valence-corrected chi connectivity index (χ2v) is 13.9. The van der Waals surface area contributed by atoms with Gasteiger partial charge in [0, 0.05) is 43.7 Å². The molecule has 0 bridgehead atoms. The number of aromatic nitrogens is 4. The molecule has 3 N–H and O–H groups in total. The number of sulfonamides is 1. The lowest BCUT2D eigenvalue weighted by atomic mass is 9.93. The first-order valence-corrected chi connectivity index (χ1v) is 17.9. The van der Waals surface area contributed by atoms with Gasteiger partial charge in [0.1, 0.15) is 11.6 Å². The first kappa shape index (κ1) is 35.6. The predicted octanol–water partition coefficient (Wildman–Crippen LogP) is 3.10. The third-order valence-electron chi connectivity index (χ3n) is 8.80. The highest BCUT2D eigenvalue weighted by molar-refractivity contribution is 7.89. The molecule has 15 heteroatoms. The number of imidazole rings is 1. The summed E-state index contributed by atoms with van der Waals surface area (Å²) in [4.78, 5) is 35.3. The van der Waals surface area contributed by atoms with Crippen LogP contribution in [0.1, 0.15) is 29.4 Å². The average molecular weight is 717 g/mol. The number of hydrogen-bond donors (Lipinski definition) is 3. The van der Waals surface area contributed by atoms with Crippen LogP contribution in [0.2, 0.25) is 0 Å². The van der Waals surface area contributed by atoms with Gasteiger partial charge in [0.25, 0.3) is 11.5 Å². The molecule has 2 unspecified atom stereocenters. The minimum atomic E-state index is -3.99. The molecule has 51 heavy (non-hydrogen) atoms. The maximum atomic E-state index is 14.0. The minimum absolute atomic E-state index is 0.0336. The fourth-order valence-corrected chi connectivity index (χ4v) is 7.54. The van der Waals surface area contributed by atoms with Crippen molar-refractivity contribution in [2.75, 3.05) is 33.4 Å². The molecule has 0 radical (unpaired) electrons. The van der Waals surface area contributed by atoms with Gasteiger partial charge in [-0.3, -0.25) is 14.3 Å². The van der Waals surface area contributed by atoms with Crippen molar-refractivity contribution < 1.29 is 32.5 Å². The number of nitrogens with zero attached hydrogens (tertiary/aromatic N) is 4. The molecule has 0 aliphatic carbocycles. The van der Waals surface area contributed by atoms with Crippen LogP contribution < -0.4 is 15.6 Å². The van der Waals surface area contributed by atoms with E-state index in [-0.39, 0.29) is 48.9 Å². The number of aliphatic hydroxyl groups is 1. The number of H-pyrrole nitrogens is 1. The number of nitrogens with one attached hydrogen (secondary N) is 2. The summed E-state index contributed by atoms with van der Waals surface area (Å²) in [5.74, 6) is -0.0911. The topological polar surface area (TPSA) is 170 Å². The number of allylic oxidation sites excluding steroid dienone is 1. The average Bonchev–Trinajstić information content (AvgIpc) is 3.66. The van der Waals surface area contributed by atoms with Crippen molar-refractivity contribution in [3.8, 4) is 11.4 Å². The molecular formula is C36H40N6O8S. The highest BCUT2D eigenvalue weighted by Gasteiger charge is 2.33. The number of ether oxygens (including phenoxy) is 3. The molecule has 0 fully saturated rings. The largest absolute Gasteiger partial charge is 0.497 e. The summed E-state index contributed by atoms with van der Waals surface area (Å²) in [6.45, 7) is 1.13. The van der Waals surface area contributed by atoms with Crippen molar-refractivity contribution in [1.82, 2.24) is 29.0 Å². The number of methoxy groups -OCH3 is 1. The smallest absolute Gasteiger partial charge is 0.286 e. The first-order chi connectivity index (χ1) is 24.6. The van der Waals surface area contributed by atoms with E-state index in [1.54, 1.807) is 34.6 Å². The van der Waals surface area contributed by atoms with Crippen LogP contribution in [-0.2, 0) is 37.9 Å². The second-order valence-electron chi connectivity index (χ2n) is 12.0. The molecule has 6 rings (SSSR count). The van der Waals surface area contributed by atoms with Crippen molar-refractivity contribution in [2.24, 2.45) is 7.05 Å². The van der Waals surface area contributed by atoms with E-state index in [2.05, 4.69) is 15.3 Å². The van der Waals surface area contributed by atoms with E-state index in [4.69, 9.17) is 14.2 Å². The van der Waals surface area contributed by atoms with Crippen molar-refractivity contribution in [3.63, 3.8) is 0 Å². The molecule has 2 aromatic heterocycles. The van der Waals surface area contributed by atoms with Gasteiger partial charge in [0.15, 0.2) is 5.76 Å². The molecule has 14 nitrogen and oxygen atoms in total. The van der Waals surface area contributed by atoms with E-state index in [1.807, 2.05) is 61.5 Å². The summed E-state index contributed by atoms with van der Waals surface area (Å²) in [6.07, 6.45) is 0.801. The molecule has 1 aliphatic heterocycles. The Hall–Kier alpha value is -5.22. The quantitative estimate of drug-likeness (QED) is 0.156. The number of aromatic amines is 1. The molecule has 268 valence electrons. The van der Waals surface area contributed by atoms with Crippen LogP contribution in [0.3, 0.4) is 0 Å². The lowest BCUT2D eigenvalue weighted by Crippen LogP contribution is -2.38. The number of carbonyl (C=O) groups excluding carboxylic acids is 1. The zero-order valence-corrected chi connectivity index (χ0v) is 29.3. The number of benzene rings is 3.